The molecule has 2 aliphatic heterocycles. The van der Waals surface area contributed by atoms with Crippen LogP contribution < -0.4 is 10.5 Å². The number of rotatable bonds is 10. The van der Waals surface area contributed by atoms with E-state index in [0.717, 1.165) is 57.7 Å². The Morgan fingerprint density at radius 1 is 0.841 bits per heavy atom. The van der Waals surface area contributed by atoms with Gasteiger partial charge in [-0.05, 0) is 100.0 Å². The molecule has 4 aromatic rings. The monoisotopic (exact) mass is 587 g/mol. The number of ether oxygens (including phenoxy) is 1. The van der Waals surface area contributed by atoms with Crippen molar-refractivity contribution in [3.63, 3.8) is 0 Å². The number of fused-ring (bicyclic) bond motifs is 1. The van der Waals surface area contributed by atoms with Crippen LogP contribution in [0.4, 0.5) is 0 Å². The average Bonchev–Trinajstić information content (AvgIpc) is 3.31. The molecule has 0 radical (unpaired) electrons. The first-order valence-corrected chi connectivity index (χ1v) is 16.5. The van der Waals surface area contributed by atoms with Crippen LogP contribution in [0.2, 0.25) is 0 Å². The van der Waals surface area contributed by atoms with Gasteiger partial charge >= 0.3 is 0 Å². The second-order valence-corrected chi connectivity index (χ2v) is 13.4. The third kappa shape index (κ3) is 6.49. The zero-order valence-corrected chi connectivity index (χ0v) is 27.0. The number of nitrogens with two attached hydrogens (primary N) is 1. The summed E-state index contributed by atoms with van der Waals surface area (Å²) in [5.41, 5.74) is 15.7. The highest BCUT2D eigenvalue weighted by atomic mass is 16.5. The SMILES string of the molecule is Cc1cc(C)c2c(c1C)OC(C)(CN1CCC(N(CCC(c3ccccc3)c3ccccc3)Cc3ccccc3)CC1)C2N. The first-order chi connectivity index (χ1) is 21.3. The van der Waals surface area contributed by atoms with Crippen molar-refractivity contribution in [3.05, 3.63) is 136 Å². The smallest absolute Gasteiger partial charge is 0.138 e. The maximum atomic E-state index is 6.93. The molecule has 6 rings (SSSR count). The van der Waals surface area contributed by atoms with Gasteiger partial charge in [0.05, 0.1) is 6.04 Å². The zero-order chi connectivity index (χ0) is 30.7. The van der Waals surface area contributed by atoms with E-state index in [1.54, 1.807) is 0 Å². The predicted octanol–water partition coefficient (Wildman–Crippen LogP) is 7.95. The van der Waals surface area contributed by atoms with E-state index in [4.69, 9.17) is 10.5 Å². The molecule has 4 aromatic carbocycles. The average molecular weight is 588 g/mol. The summed E-state index contributed by atoms with van der Waals surface area (Å²) in [6.07, 6.45) is 3.41. The summed E-state index contributed by atoms with van der Waals surface area (Å²) in [4.78, 5) is 5.35. The summed E-state index contributed by atoms with van der Waals surface area (Å²) in [5, 5.41) is 0. The van der Waals surface area contributed by atoms with Gasteiger partial charge < -0.3 is 10.5 Å². The number of piperidine rings is 1. The number of benzene rings is 4. The molecule has 2 atom stereocenters. The van der Waals surface area contributed by atoms with Crippen molar-refractivity contribution in [3.8, 4) is 5.75 Å². The van der Waals surface area contributed by atoms with E-state index >= 15 is 0 Å². The van der Waals surface area contributed by atoms with Crippen molar-refractivity contribution in [2.75, 3.05) is 26.2 Å². The van der Waals surface area contributed by atoms with Crippen molar-refractivity contribution in [2.24, 2.45) is 5.73 Å². The van der Waals surface area contributed by atoms with Crippen molar-refractivity contribution < 1.29 is 4.74 Å². The summed E-state index contributed by atoms with van der Waals surface area (Å²) < 4.78 is 6.73. The van der Waals surface area contributed by atoms with Gasteiger partial charge in [-0.15, -0.1) is 0 Å². The predicted molar refractivity (Wildman–Crippen MR) is 182 cm³/mol. The molecule has 4 nitrogen and oxygen atoms in total. The normalized spacial score (nSPS) is 20.7. The third-order valence-electron chi connectivity index (χ3n) is 10.3. The van der Waals surface area contributed by atoms with Crippen LogP contribution in [-0.4, -0.2) is 47.6 Å². The standard InChI is InChI=1S/C40H49N3O/c1-29-26-30(2)37-38(31(29)3)44-40(4,39(37)41)28-42-23-20-35(21-24-42)43(27-32-14-8-5-9-15-32)25-22-36(33-16-10-6-11-17-33)34-18-12-7-13-19-34/h5-19,26,35-36,39H,20-25,27-28,41H2,1-4H3. The van der Waals surface area contributed by atoms with E-state index in [2.05, 4.69) is 135 Å². The molecule has 2 unspecified atom stereocenters. The van der Waals surface area contributed by atoms with Crippen molar-refractivity contribution >= 4 is 0 Å². The molecule has 0 aliphatic carbocycles. The van der Waals surface area contributed by atoms with Gasteiger partial charge in [0.1, 0.15) is 11.4 Å². The molecule has 44 heavy (non-hydrogen) atoms. The number of hydrogen-bond acceptors (Lipinski definition) is 4. The van der Waals surface area contributed by atoms with Gasteiger partial charge in [-0.1, -0.05) is 97.1 Å². The molecule has 0 bridgehead atoms. The maximum absolute atomic E-state index is 6.93. The highest BCUT2D eigenvalue weighted by Crippen LogP contribution is 2.47. The van der Waals surface area contributed by atoms with Crippen LogP contribution in [0.1, 0.15) is 77.1 Å². The van der Waals surface area contributed by atoms with Gasteiger partial charge in [0.25, 0.3) is 0 Å². The largest absolute Gasteiger partial charge is 0.484 e. The van der Waals surface area contributed by atoms with Crippen molar-refractivity contribution in [1.29, 1.82) is 0 Å². The Bertz CT molecular complexity index is 1480. The zero-order valence-electron chi connectivity index (χ0n) is 27.0. The lowest BCUT2D eigenvalue weighted by atomic mass is 9.87. The summed E-state index contributed by atoms with van der Waals surface area (Å²) in [5.74, 6) is 1.40. The van der Waals surface area contributed by atoms with Gasteiger partial charge in [-0.25, -0.2) is 0 Å². The second-order valence-electron chi connectivity index (χ2n) is 13.4. The Morgan fingerprint density at radius 3 is 2.00 bits per heavy atom. The minimum atomic E-state index is -0.416. The molecule has 0 saturated carbocycles. The lowest BCUT2D eigenvalue weighted by molar-refractivity contribution is 0.0206. The fourth-order valence-electron chi connectivity index (χ4n) is 7.61. The highest BCUT2D eigenvalue weighted by molar-refractivity contribution is 5.55. The molecule has 2 aliphatic rings. The highest BCUT2D eigenvalue weighted by Gasteiger charge is 2.46. The maximum Gasteiger partial charge on any atom is 0.138 e. The fourth-order valence-corrected chi connectivity index (χ4v) is 7.61. The van der Waals surface area contributed by atoms with Gasteiger partial charge in [0.2, 0.25) is 0 Å². The molecule has 4 heteroatoms. The van der Waals surface area contributed by atoms with E-state index in [1.165, 1.54) is 38.9 Å². The van der Waals surface area contributed by atoms with Crippen LogP contribution in [0.15, 0.2) is 97.1 Å². The van der Waals surface area contributed by atoms with Crippen LogP contribution in [0.5, 0.6) is 5.75 Å². The van der Waals surface area contributed by atoms with E-state index < -0.39 is 5.60 Å². The topological polar surface area (TPSA) is 41.7 Å². The lowest BCUT2D eigenvalue weighted by Gasteiger charge is -2.42. The van der Waals surface area contributed by atoms with Gasteiger partial charge in [-0.2, -0.15) is 0 Å². The van der Waals surface area contributed by atoms with Crippen LogP contribution in [0.3, 0.4) is 0 Å². The molecule has 0 aromatic heterocycles. The summed E-state index contributed by atoms with van der Waals surface area (Å²) >= 11 is 0. The molecule has 0 amide bonds. The number of likely N-dealkylation sites (tertiary alicyclic amines) is 1. The third-order valence-corrected chi connectivity index (χ3v) is 10.3. The van der Waals surface area contributed by atoms with E-state index in [-0.39, 0.29) is 6.04 Å². The minimum Gasteiger partial charge on any atom is -0.484 e. The number of nitrogens with zero attached hydrogens (tertiary/aromatic N) is 2. The summed E-state index contributed by atoms with van der Waals surface area (Å²) in [7, 11) is 0. The minimum absolute atomic E-state index is 0.114. The van der Waals surface area contributed by atoms with Gasteiger partial charge in [0, 0.05) is 30.6 Å². The molecule has 230 valence electrons. The van der Waals surface area contributed by atoms with E-state index in [1.807, 2.05) is 0 Å². The quantitative estimate of drug-likeness (QED) is 0.204. The fraction of sp³-hybridized carbons (Fsp3) is 0.400. The number of aryl methyl sites for hydroxylation is 2. The number of hydrogen-bond donors (Lipinski definition) is 1. The van der Waals surface area contributed by atoms with E-state index in [9.17, 15) is 0 Å². The molecular formula is C40H49N3O. The second kappa shape index (κ2) is 13.3. The first kappa shape index (κ1) is 30.6. The molecule has 0 spiro atoms. The van der Waals surface area contributed by atoms with Gasteiger partial charge in [-0.3, -0.25) is 9.80 Å². The molecular weight excluding hydrogens is 538 g/mol. The van der Waals surface area contributed by atoms with Crippen molar-refractivity contribution in [2.45, 2.75) is 77.1 Å². The van der Waals surface area contributed by atoms with E-state index in [0.29, 0.717) is 12.0 Å². The Hall–Kier alpha value is -3.44. The summed E-state index contributed by atoms with van der Waals surface area (Å²) in [6, 6.07) is 35.8. The Morgan fingerprint density at radius 2 is 1.41 bits per heavy atom. The van der Waals surface area contributed by atoms with Crippen molar-refractivity contribution in [1.82, 2.24) is 9.80 Å². The first-order valence-electron chi connectivity index (χ1n) is 16.5. The van der Waals surface area contributed by atoms with Crippen LogP contribution in [-0.2, 0) is 6.54 Å². The van der Waals surface area contributed by atoms with Crippen LogP contribution in [0, 0.1) is 20.8 Å². The van der Waals surface area contributed by atoms with Crippen LogP contribution in [0.25, 0.3) is 0 Å². The molecule has 2 N–H and O–H groups in total. The van der Waals surface area contributed by atoms with Gasteiger partial charge in [0.15, 0.2) is 0 Å². The lowest BCUT2D eigenvalue weighted by Crippen LogP contribution is -2.53. The summed E-state index contributed by atoms with van der Waals surface area (Å²) in [6.45, 7) is 13.8. The molecule has 1 fully saturated rings. The molecule has 1 saturated heterocycles. The van der Waals surface area contributed by atoms with Crippen LogP contribution >= 0.6 is 0 Å². The Labute approximate surface area is 264 Å². The molecule has 2 heterocycles. The Kier molecular flexibility index (Phi) is 9.23. The Balaban J connectivity index is 1.15.